The van der Waals surface area contributed by atoms with Crippen molar-refractivity contribution in [3.05, 3.63) is 11.6 Å². The first-order valence-corrected chi connectivity index (χ1v) is 5.71. The van der Waals surface area contributed by atoms with Gasteiger partial charge in [0.15, 0.2) is 0 Å². The highest BCUT2D eigenvalue weighted by atomic mass is 16.5. The number of hydrogen-bond acceptors (Lipinski definition) is 2. The smallest absolute Gasteiger partial charge is 0.0864 e. The van der Waals surface area contributed by atoms with Crippen LogP contribution in [-0.2, 0) is 4.74 Å². The van der Waals surface area contributed by atoms with Gasteiger partial charge >= 0.3 is 0 Å². The van der Waals surface area contributed by atoms with Crippen molar-refractivity contribution in [1.29, 1.82) is 0 Å². The fourth-order valence-corrected chi connectivity index (χ4v) is 2.56. The van der Waals surface area contributed by atoms with Gasteiger partial charge in [0.1, 0.15) is 0 Å². The van der Waals surface area contributed by atoms with E-state index in [0.717, 1.165) is 19.4 Å². The molecular formula is C12H21NO. The maximum Gasteiger partial charge on any atom is 0.0864 e. The van der Waals surface area contributed by atoms with Gasteiger partial charge in [0.05, 0.1) is 5.60 Å². The summed E-state index contributed by atoms with van der Waals surface area (Å²) in [5.74, 6) is 0.607. The summed E-state index contributed by atoms with van der Waals surface area (Å²) in [6.45, 7) is 5.40. The topological polar surface area (TPSA) is 35.2 Å². The lowest BCUT2D eigenvalue weighted by molar-refractivity contribution is 0.0448. The van der Waals surface area contributed by atoms with Crippen molar-refractivity contribution in [1.82, 2.24) is 0 Å². The van der Waals surface area contributed by atoms with Gasteiger partial charge in [0.25, 0.3) is 0 Å². The van der Waals surface area contributed by atoms with Crippen molar-refractivity contribution < 1.29 is 4.74 Å². The minimum absolute atomic E-state index is 0.0361. The van der Waals surface area contributed by atoms with Crippen LogP contribution in [0.3, 0.4) is 0 Å². The molecule has 0 aromatic carbocycles. The SMILES string of the molecule is CC1CC(C2(C)CCCO2)=CCC1N. The maximum absolute atomic E-state index is 6.00. The minimum atomic E-state index is 0.0361. The van der Waals surface area contributed by atoms with Crippen LogP contribution >= 0.6 is 0 Å². The molecule has 0 saturated carbocycles. The van der Waals surface area contributed by atoms with E-state index in [2.05, 4.69) is 19.9 Å². The van der Waals surface area contributed by atoms with Crippen molar-refractivity contribution in [2.75, 3.05) is 6.61 Å². The highest BCUT2D eigenvalue weighted by Gasteiger charge is 2.36. The molecule has 2 aliphatic rings. The molecule has 2 rings (SSSR count). The molecule has 1 saturated heterocycles. The largest absolute Gasteiger partial charge is 0.371 e. The summed E-state index contributed by atoms with van der Waals surface area (Å²) in [5, 5.41) is 0. The van der Waals surface area contributed by atoms with E-state index < -0.39 is 0 Å². The van der Waals surface area contributed by atoms with Crippen molar-refractivity contribution >= 4 is 0 Å². The van der Waals surface area contributed by atoms with Crippen LogP contribution in [0.25, 0.3) is 0 Å². The second-order valence-corrected chi connectivity index (χ2v) is 4.99. The van der Waals surface area contributed by atoms with Crippen molar-refractivity contribution in [2.24, 2.45) is 11.7 Å². The van der Waals surface area contributed by atoms with Gasteiger partial charge in [-0.3, -0.25) is 0 Å². The molecule has 0 aromatic heterocycles. The molecule has 2 heteroatoms. The molecule has 1 aliphatic heterocycles. The molecule has 14 heavy (non-hydrogen) atoms. The third-order valence-corrected chi connectivity index (χ3v) is 3.81. The molecule has 3 atom stereocenters. The van der Waals surface area contributed by atoms with Crippen LogP contribution in [0.1, 0.15) is 39.5 Å². The molecule has 0 radical (unpaired) electrons. The van der Waals surface area contributed by atoms with E-state index in [0.29, 0.717) is 12.0 Å². The molecule has 0 amide bonds. The highest BCUT2D eigenvalue weighted by molar-refractivity contribution is 5.21. The number of hydrogen-bond donors (Lipinski definition) is 1. The third kappa shape index (κ3) is 1.73. The molecule has 1 fully saturated rings. The summed E-state index contributed by atoms with van der Waals surface area (Å²) in [4.78, 5) is 0. The van der Waals surface area contributed by atoms with Crippen LogP contribution < -0.4 is 5.73 Å². The number of ether oxygens (including phenoxy) is 1. The molecule has 0 aromatic rings. The van der Waals surface area contributed by atoms with Crippen molar-refractivity contribution in [3.8, 4) is 0 Å². The quantitative estimate of drug-likeness (QED) is 0.651. The van der Waals surface area contributed by atoms with Crippen LogP contribution in [0.4, 0.5) is 0 Å². The summed E-state index contributed by atoms with van der Waals surface area (Å²) in [6, 6.07) is 0.351. The molecule has 80 valence electrons. The Morgan fingerprint density at radius 2 is 2.36 bits per heavy atom. The van der Waals surface area contributed by atoms with Gasteiger partial charge in [-0.1, -0.05) is 13.0 Å². The standard InChI is InChI=1S/C12H21NO/c1-9-8-10(4-5-11(9)13)12(2)6-3-7-14-12/h4,9,11H,3,5-8,13H2,1-2H3. The van der Waals surface area contributed by atoms with E-state index in [1.807, 2.05) is 0 Å². The lowest BCUT2D eigenvalue weighted by Crippen LogP contribution is -2.36. The van der Waals surface area contributed by atoms with Gasteiger partial charge in [-0.05, 0) is 44.1 Å². The Labute approximate surface area is 86.5 Å². The maximum atomic E-state index is 6.00. The van der Waals surface area contributed by atoms with Crippen molar-refractivity contribution in [2.45, 2.75) is 51.2 Å². The monoisotopic (exact) mass is 195 g/mol. The van der Waals surface area contributed by atoms with E-state index in [1.165, 1.54) is 18.4 Å². The van der Waals surface area contributed by atoms with Gasteiger partial charge < -0.3 is 10.5 Å². The van der Waals surface area contributed by atoms with E-state index in [4.69, 9.17) is 10.5 Å². The van der Waals surface area contributed by atoms with E-state index >= 15 is 0 Å². The third-order valence-electron chi connectivity index (χ3n) is 3.81. The first kappa shape index (κ1) is 10.2. The van der Waals surface area contributed by atoms with Gasteiger partial charge in [-0.25, -0.2) is 0 Å². The second kappa shape index (κ2) is 3.67. The Morgan fingerprint density at radius 1 is 1.57 bits per heavy atom. The predicted octanol–water partition coefficient (Wildman–Crippen LogP) is 2.24. The Kier molecular flexibility index (Phi) is 2.67. The Hall–Kier alpha value is -0.340. The van der Waals surface area contributed by atoms with Crippen LogP contribution in [-0.4, -0.2) is 18.2 Å². The van der Waals surface area contributed by atoms with Crippen LogP contribution in [0.5, 0.6) is 0 Å². The molecule has 3 unspecified atom stereocenters. The Balaban J connectivity index is 2.11. The van der Waals surface area contributed by atoms with Gasteiger partial charge in [-0.2, -0.15) is 0 Å². The first-order chi connectivity index (χ1) is 6.62. The summed E-state index contributed by atoms with van der Waals surface area (Å²) >= 11 is 0. The number of nitrogens with two attached hydrogens (primary N) is 1. The van der Waals surface area contributed by atoms with Crippen LogP contribution in [0, 0.1) is 5.92 Å². The normalized spacial score (nSPS) is 43.8. The molecule has 0 bridgehead atoms. The van der Waals surface area contributed by atoms with Crippen molar-refractivity contribution in [3.63, 3.8) is 0 Å². The summed E-state index contributed by atoms with van der Waals surface area (Å²) < 4.78 is 5.85. The fourth-order valence-electron chi connectivity index (χ4n) is 2.56. The van der Waals surface area contributed by atoms with E-state index in [-0.39, 0.29) is 5.60 Å². The molecule has 2 N–H and O–H groups in total. The first-order valence-electron chi connectivity index (χ1n) is 5.71. The van der Waals surface area contributed by atoms with Gasteiger partial charge in [0, 0.05) is 12.6 Å². The average molecular weight is 195 g/mol. The molecule has 2 nitrogen and oxygen atoms in total. The predicted molar refractivity (Wildman–Crippen MR) is 58.0 cm³/mol. The van der Waals surface area contributed by atoms with Crippen LogP contribution in [0.2, 0.25) is 0 Å². The molecule has 0 spiro atoms. The molecule has 1 heterocycles. The van der Waals surface area contributed by atoms with Crippen LogP contribution in [0.15, 0.2) is 11.6 Å². The summed E-state index contributed by atoms with van der Waals surface area (Å²) in [5.41, 5.74) is 7.52. The van der Waals surface area contributed by atoms with E-state index in [1.54, 1.807) is 0 Å². The second-order valence-electron chi connectivity index (χ2n) is 4.99. The lowest BCUT2D eigenvalue weighted by Gasteiger charge is -2.34. The van der Waals surface area contributed by atoms with E-state index in [9.17, 15) is 0 Å². The van der Waals surface area contributed by atoms with Gasteiger partial charge in [-0.15, -0.1) is 0 Å². The zero-order chi connectivity index (χ0) is 10.2. The highest BCUT2D eigenvalue weighted by Crippen LogP contribution is 2.38. The average Bonchev–Trinajstić information content (AvgIpc) is 2.58. The Morgan fingerprint density at radius 3 is 2.93 bits per heavy atom. The summed E-state index contributed by atoms with van der Waals surface area (Å²) in [6.07, 6.45) is 6.85. The lowest BCUT2D eigenvalue weighted by atomic mass is 9.78. The minimum Gasteiger partial charge on any atom is -0.371 e. The zero-order valence-electron chi connectivity index (χ0n) is 9.25. The fraction of sp³-hybridized carbons (Fsp3) is 0.833. The zero-order valence-corrected chi connectivity index (χ0v) is 9.25. The molecule has 1 aliphatic carbocycles. The van der Waals surface area contributed by atoms with Gasteiger partial charge in [0.2, 0.25) is 0 Å². The summed E-state index contributed by atoms with van der Waals surface area (Å²) in [7, 11) is 0. The number of rotatable bonds is 1. The Bertz CT molecular complexity index is 241. The molecular weight excluding hydrogens is 174 g/mol.